The molecule has 3 aliphatic heterocycles. The molecule has 1 fully saturated rings. The summed E-state index contributed by atoms with van der Waals surface area (Å²) in [5, 5.41) is 0. The molecule has 148 valence electrons. The highest BCUT2D eigenvalue weighted by atomic mass is 16.2. The fraction of sp³-hybridized carbons (Fsp3) is 0.476. The van der Waals surface area contributed by atoms with Crippen molar-refractivity contribution in [3.05, 3.63) is 47.3 Å². The van der Waals surface area contributed by atoms with E-state index in [1.807, 2.05) is 43.9 Å². The molecule has 3 aliphatic rings. The van der Waals surface area contributed by atoms with Crippen molar-refractivity contribution in [3.8, 4) is 0 Å². The summed E-state index contributed by atoms with van der Waals surface area (Å²) in [6.07, 6.45) is -0.486. The van der Waals surface area contributed by atoms with Crippen molar-refractivity contribution in [1.82, 2.24) is 19.6 Å². The minimum absolute atomic E-state index is 0.158. The zero-order chi connectivity index (χ0) is 20.2. The molecule has 1 aromatic carbocycles. The maximum Gasteiger partial charge on any atom is 0.328 e. The Hall–Kier alpha value is -2.83. The van der Waals surface area contributed by atoms with E-state index < -0.39 is 12.2 Å². The first kappa shape index (κ1) is 18.5. The molecule has 0 aromatic heterocycles. The summed E-state index contributed by atoms with van der Waals surface area (Å²) < 4.78 is 0. The number of benzene rings is 1. The maximum absolute atomic E-state index is 13.3. The number of fused-ring (bicyclic) bond motifs is 3. The van der Waals surface area contributed by atoms with Gasteiger partial charge in [0.2, 0.25) is 5.96 Å². The molecule has 1 aromatic rings. The molecular formula is C21H27N5O2. The SMILES string of the molecule is CC1=C(C)N2C(=NC3C2C(=O)N(CC(C)C)C(=O)N3C)N1Cc1ccccc1. The molecule has 0 aliphatic carbocycles. The Labute approximate surface area is 165 Å². The van der Waals surface area contributed by atoms with Gasteiger partial charge in [-0.3, -0.25) is 14.6 Å². The van der Waals surface area contributed by atoms with Gasteiger partial charge < -0.3 is 9.80 Å². The Balaban J connectivity index is 1.68. The number of hydrogen-bond acceptors (Lipinski definition) is 5. The van der Waals surface area contributed by atoms with Crippen LogP contribution in [0.1, 0.15) is 33.3 Å². The van der Waals surface area contributed by atoms with Crippen molar-refractivity contribution in [2.75, 3.05) is 13.6 Å². The van der Waals surface area contributed by atoms with Crippen molar-refractivity contribution >= 4 is 17.9 Å². The van der Waals surface area contributed by atoms with Crippen LogP contribution in [-0.2, 0) is 11.3 Å². The van der Waals surface area contributed by atoms with Crippen LogP contribution in [0.5, 0.6) is 0 Å². The number of amides is 3. The fourth-order valence-electron chi connectivity index (χ4n) is 4.17. The number of aliphatic imine (C=N–C) groups is 1. The Morgan fingerprint density at radius 1 is 1.04 bits per heavy atom. The van der Waals surface area contributed by atoms with E-state index in [0.29, 0.717) is 13.1 Å². The number of carbonyl (C=O) groups is 2. The highest BCUT2D eigenvalue weighted by molar-refractivity contribution is 6.05. The van der Waals surface area contributed by atoms with E-state index in [-0.39, 0.29) is 17.9 Å². The molecule has 7 heteroatoms. The Morgan fingerprint density at radius 3 is 2.36 bits per heavy atom. The normalized spacial score (nSPS) is 24.4. The molecular weight excluding hydrogens is 354 g/mol. The summed E-state index contributed by atoms with van der Waals surface area (Å²) in [6.45, 7) is 9.20. The summed E-state index contributed by atoms with van der Waals surface area (Å²) in [6, 6.07) is 9.44. The van der Waals surface area contributed by atoms with E-state index in [9.17, 15) is 9.59 Å². The van der Waals surface area contributed by atoms with Crippen molar-refractivity contribution in [2.24, 2.45) is 10.9 Å². The second-order valence-corrected chi connectivity index (χ2v) is 8.14. The molecule has 0 radical (unpaired) electrons. The number of hydrogen-bond donors (Lipinski definition) is 0. The number of rotatable bonds is 4. The third kappa shape index (κ3) is 2.68. The van der Waals surface area contributed by atoms with Crippen LogP contribution in [0.4, 0.5) is 4.79 Å². The Morgan fingerprint density at radius 2 is 1.71 bits per heavy atom. The second-order valence-electron chi connectivity index (χ2n) is 8.14. The van der Waals surface area contributed by atoms with Crippen LogP contribution < -0.4 is 0 Å². The van der Waals surface area contributed by atoms with E-state index in [2.05, 4.69) is 24.0 Å². The number of allylic oxidation sites excluding steroid dienone is 2. The van der Waals surface area contributed by atoms with Gasteiger partial charge in [0.1, 0.15) is 0 Å². The molecule has 7 nitrogen and oxygen atoms in total. The lowest BCUT2D eigenvalue weighted by atomic mass is 10.1. The van der Waals surface area contributed by atoms with Crippen LogP contribution in [0.2, 0.25) is 0 Å². The molecule has 0 saturated carbocycles. The Bertz CT molecular complexity index is 876. The summed E-state index contributed by atoms with van der Waals surface area (Å²) in [4.78, 5) is 38.0. The van der Waals surface area contributed by atoms with Crippen LogP contribution in [0.25, 0.3) is 0 Å². The topological polar surface area (TPSA) is 59.5 Å². The van der Waals surface area contributed by atoms with Gasteiger partial charge in [0.25, 0.3) is 5.91 Å². The number of likely N-dealkylation sites (N-methyl/N-ethyl adjacent to an activating group) is 1. The van der Waals surface area contributed by atoms with Crippen LogP contribution in [-0.4, -0.2) is 63.3 Å². The van der Waals surface area contributed by atoms with E-state index in [0.717, 1.165) is 17.4 Å². The predicted octanol–water partition coefficient (Wildman–Crippen LogP) is 2.67. The first-order valence-corrected chi connectivity index (χ1v) is 9.75. The van der Waals surface area contributed by atoms with Crippen LogP contribution >= 0.6 is 0 Å². The van der Waals surface area contributed by atoms with E-state index in [4.69, 9.17) is 4.99 Å². The van der Waals surface area contributed by atoms with Gasteiger partial charge in [0.15, 0.2) is 12.2 Å². The summed E-state index contributed by atoms with van der Waals surface area (Å²) in [5.41, 5.74) is 3.28. The van der Waals surface area contributed by atoms with Gasteiger partial charge in [-0.15, -0.1) is 0 Å². The molecule has 4 rings (SSSR count). The first-order chi connectivity index (χ1) is 13.3. The van der Waals surface area contributed by atoms with Gasteiger partial charge >= 0.3 is 6.03 Å². The van der Waals surface area contributed by atoms with Gasteiger partial charge in [-0.1, -0.05) is 44.2 Å². The van der Waals surface area contributed by atoms with Crippen molar-refractivity contribution in [3.63, 3.8) is 0 Å². The lowest BCUT2D eigenvalue weighted by Gasteiger charge is -2.41. The molecule has 2 unspecified atom stereocenters. The van der Waals surface area contributed by atoms with E-state index >= 15 is 0 Å². The molecule has 0 N–H and O–H groups in total. The third-order valence-electron chi connectivity index (χ3n) is 5.73. The molecule has 0 bridgehead atoms. The standard InChI is InChI=1S/C21H27N5O2/c1-13(2)11-25-19(27)17-18(23(5)21(25)28)22-20-24(14(3)15(4)26(17)20)12-16-9-7-6-8-10-16/h6-10,13,17-18H,11-12H2,1-5H3. The van der Waals surface area contributed by atoms with Crippen LogP contribution in [0.3, 0.4) is 0 Å². The van der Waals surface area contributed by atoms with Gasteiger partial charge in [0, 0.05) is 25.0 Å². The monoisotopic (exact) mass is 381 g/mol. The largest absolute Gasteiger partial charge is 0.328 e. The minimum atomic E-state index is -0.493. The first-order valence-electron chi connectivity index (χ1n) is 9.75. The summed E-state index contributed by atoms with van der Waals surface area (Å²) >= 11 is 0. The highest BCUT2D eigenvalue weighted by Gasteiger charge is 2.55. The quantitative estimate of drug-likeness (QED) is 0.805. The number of imide groups is 1. The van der Waals surface area contributed by atoms with E-state index in [1.54, 1.807) is 11.9 Å². The average Bonchev–Trinajstić information content (AvgIpc) is 3.16. The highest BCUT2D eigenvalue weighted by Crippen LogP contribution is 2.38. The zero-order valence-electron chi connectivity index (χ0n) is 17.1. The lowest BCUT2D eigenvalue weighted by molar-refractivity contribution is -0.137. The van der Waals surface area contributed by atoms with Gasteiger partial charge in [-0.25, -0.2) is 9.79 Å². The van der Waals surface area contributed by atoms with Crippen molar-refractivity contribution < 1.29 is 9.59 Å². The van der Waals surface area contributed by atoms with Crippen molar-refractivity contribution in [1.29, 1.82) is 0 Å². The van der Waals surface area contributed by atoms with E-state index in [1.165, 1.54) is 10.5 Å². The number of urea groups is 1. The summed E-state index contributed by atoms with van der Waals surface area (Å²) in [7, 11) is 1.74. The van der Waals surface area contributed by atoms with Gasteiger partial charge in [-0.05, 0) is 25.3 Å². The van der Waals surface area contributed by atoms with Crippen LogP contribution in [0.15, 0.2) is 46.7 Å². The molecule has 0 spiro atoms. The fourth-order valence-corrected chi connectivity index (χ4v) is 4.17. The number of guanidine groups is 1. The molecule has 3 heterocycles. The predicted molar refractivity (Wildman–Crippen MR) is 107 cm³/mol. The maximum atomic E-state index is 13.3. The number of carbonyl (C=O) groups excluding carboxylic acids is 2. The third-order valence-corrected chi connectivity index (χ3v) is 5.73. The smallest absolute Gasteiger partial charge is 0.310 e. The molecule has 1 saturated heterocycles. The molecule has 28 heavy (non-hydrogen) atoms. The van der Waals surface area contributed by atoms with Gasteiger partial charge in [0.05, 0.1) is 6.54 Å². The molecule has 3 amide bonds. The summed E-state index contributed by atoms with van der Waals surface area (Å²) in [5.74, 6) is 0.814. The van der Waals surface area contributed by atoms with Crippen LogP contribution in [0, 0.1) is 5.92 Å². The van der Waals surface area contributed by atoms with Gasteiger partial charge in [-0.2, -0.15) is 0 Å². The average molecular weight is 381 g/mol. The molecule has 2 atom stereocenters. The Kier molecular flexibility index (Phi) is 4.40. The zero-order valence-corrected chi connectivity index (χ0v) is 17.1. The minimum Gasteiger partial charge on any atom is -0.310 e. The second kappa shape index (κ2) is 6.65. The number of nitrogens with zero attached hydrogens (tertiary/aromatic N) is 5. The van der Waals surface area contributed by atoms with Crippen molar-refractivity contribution in [2.45, 2.75) is 46.4 Å². The lowest BCUT2D eigenvalue weighted by Crippen LogP contribution is -2.65.